The number of ether oxygens (including phenoxy) is 3. The predicted molar refractivity (Wildman–Crippen MR) is 288 cm³/mol. The quantitative estimate of drug-likeness (QED) is 0.145. The summed E-state index contributed by atoms with van der Waals surface area (Å²) in [6.07, 6.45) is 9.90. The van der Waals surface area contributed by atoms with E-state index in [0.717, 1.165) is 75.8 Å². The number of nitrogens with zero attached hydrogens (tertiary/aromatic N) is 4. The number of aromatic nitrogens is 3. The van der Waals surface area contributed by atoms with E-state index in [2.05, 4.69) is 125 Å². The molecule has 15 atom stereocenters. The van der Waals surface area contributed by atoms with Crippen LogP contribution in [0.15, 0.2) is 60.7 Å². The Kier molecular flexibility index (Phi) is 12.0. The fraction of sp³-hybridized carbons (Fsp3) is 0.581. The number of carbonyl (C=O) groups is 2. The van der Waals surface area contributed by atoms with Gasteiger partial charge in [0.15, 0.2) is 0 Å². The third-order valence-electron chi connectivity index (χ3n) is 21.1. The first-order valence-electron chi connectivity index (χ1n) is 28.3. The highest BCUT2D eigenvalue weighted by molar-refractivity contribution is 5.91. The Morgan fingerprint density at radius 1 is 0.658 bits per heavy atom. The van der Waals surface area contributed by atoms with Gasteiger partial charge in [0.1, 0.15) is 5.75 Å². The fourth-order valence-electron chi connectivity index (χ4n) is 17.9. The van der Waals surface area contributed by atoms with Crippen LogP contribution >= 0.6 is 0 Å². The number of aromatic amines is 2. The van der Waals surface area contributed by atoms with Gasteiger partial charge in [-0.2, -0.15) is 0 Å². The Labute approximate surface area is 431 Å². The molecule has 8 heterocycles. The zero-order valence-corrected chi connectivity index (χ0v) is 44.6. The van der Waals surface area contributed by atoms with Gasteiger partial charge < -0.3 is 38.5 Å². The van der Waals surface area contributed by atoms with E-state index in [4.69, 9.17) is 14.2 Å². The summed E-state index contributed by atoms with van der Waals surface area (Å²) in [5.74, 6) is 2.81. The predicted octanol–water partition coefficient (Wildman–Crippen LogP) is 10.5. The number of hydrogen-bond donors (Lipinski definition) is 2. The van der Waals surface area contributed by atoms with Gasteiger partial charge in [0.05, 0.1) is 39.2 Å². The van der Waals surface area contributed by atoms with Gasteiger partial charge in [0, 0.05) is 111 Å². The number of nitrogens with one attached hydrogen (secondary N) is 2. The van der Waals surface area contributed by atoms with Crippen LogP contribution in [0.4, 0.5) is 0 Å². The highest BCUT2D eigenvalue weighted by Gasteiger charge is 2.54. The van der Waals surface area contributed by atoms with Crippen LogP contribution in [0.3, 0.4) is 0 Å². The zero-order valence-electron chi connectivity index (χ0n) is 44.6. The summed E-state index contributed by atoms with van der Waals surface area (Å²) in [5.41, 5.74) is 13.0. The number of benzene rings is 3. The number of esters is 2. The van der Waals surface area contributed by atoms with E-state index in [0.29, 0.717) is 35.6 Å². The summed E-state index contributed by atoms with van der Waals surface area (Å²) in [6, 6.07) is 23.2. The van der Waals surface area contributed by atoms with Crippen molar-refractivity contribution in [2.75, 3.05) is 61.6 Å². The van der Waals surface area contributed by atoms with Crippen molar-refractivity contribution in [2.45, 2.75) is 121 Å². The van der Waals surface area contributed by atoms with Crippen LogP contribution in [0, 0.1) is 47.3 Å². The Bertz CT molecular complexity index is 3110. The molecule has 4 saturated heterocycles. The summed E-state index contributed by atoms with van der Waals surface area (Å²) in [7, 11) is 9.52. The average molecular weight is 987 g/mol. The number of rotatable bonds is 8. The lowest BCUT2D eigenvalue weighted by Crippen LogP contribution is -2.57. The molecule has 0 spiro atoms. The molecule has 8 aliphatic rings. The van der Waals surface area contributed by atoms with Gasteiger partial charge in [0.2, 0.25) is 0 Å². The molecular weight excluding hydrogens is 909 g/mol. The molecule has 11 heteroatoms. The molecular formula is C62H78N6O5. The Morgan fingerprint density at radius 3 is 1.85 bits per heavy atom. The fourth-order valence-corrected chi connectivity index (χ4v) is 17.9. The lowest BCUT2D eigenvalue weighted by Gasteiger charge is -2.54. The molecule has 1 unspecified atom stereocenters. The lowest BCUT2D eigenvalue weighted by molar-refractivity contribution is -0.156. The SMILES string of the molecule is CC[C@@H]1CN(C)[C@H]2Cc3c([nH]c4ccccc34)[C@@H](c3cc4c(cc3OC)c3c(n4[C@H]4C[C@H]5[C@H](CC)CN(C)[C@@H](Cc6c4[nH]c4ccccc64)[C@H]5C(=O)OC)[C@@H]4C[C@H]5C[C@H](CC)[C@@H]4N(CC3)C5)C[C@@H]1[C@@H]2C(=O)OC. The van der Waals surface area contributed by atoms with E-state index in [1.165, 1.54) is 92.3 Å². The van der Waals surface area contributed by atoms with Crippen LogP contribution < -0.4 is 4.74 Å². The number of likely N-dealkylation sites (N-methyl/N-ethyl adjacent to an activating group) is 2. The van der Waals surface area contributed by atoms with Crippen molar-refractivity contribution in [3.63, 3.8) is 0 Å². The lowest BCUT2D eigenvalue weighted by atomic mass is 9.64. The molecule has 3 aliphatic carbocycles. The summed E-state index contributed by atoms with van der Waals surface area (Å²) in [4.78, 5) is 45.0. The number of methoxy groups -OCH3 is 3. The Morgan fingerprint density at radius 2 is 1.25 bits per heavy atom. The van der Waals surface area contributed by atoms with Crippen LogP contribution in [0.5, 0.6) is 5.75 Å². The van der Waals surface area contributed by atoms with Gasteiger partial charge >= 0.3 is 11.9 Å². The number of fused-ring (bicyclic) bond motifs is 14. The first kappa shape index (κ1) is 47.6. The van der Waals surface area contributed by atoms with Crippen LogP contribution in [0.25, 0.3) is 32.7 Å². The third kappa shape index (κ3) is 7.19. The second-order valence-corrected chi connectivity index (χ2v) is 24.0. The summed E-state index contributed by atoms with van der Waals surface area (Å²) in [5, 5.41) is 3.81. The second kappa shape index (κ2) is 18.3. The molecule has 73 heavy (non-hydrogen) atoms. The van der Waals surface area contributed by atoms with E-state index in [1.54, 1.807) is 14.2 Å². The maximum Gasteiger partial charge on any atom is 0.310 e. The van der Waals surface area contributed by atoms with Crippen molar-refractivity contribution < 1.29 is 23.8 Å². The number of piperidine rings is 4. The van der Waals surface area contributed by atoms with E-state index < -0.39 is 0 Å². The summed E-state index contributed by atoms with van der Waals surface area (Å²) in [6.45, 7) is 11.3. The number of likely N-dealkylation sites (tertiary alicyclic amines) is 2. The van der Waals surface area contributed by atoms with Crippen molar-refractivity contribution in [1.29, 1.82) is 0 Å². The number of H-pyrrole nitrogens is 2. The first-order chi connectivity index (χ1) is 35.6. The number of carbonyl (C=O) groups excluding carboxylic acids is 2. The molecule has 1 saturated carbocycles. The smallest absolute Gasteiger partial charge is 0.310 e. The van der Waals surface area contributed by atoms with Crippen LogP contribution in [0.2, 0.25) is 0 Å². The Hall–Kier alpha value is -5.10. The van der Waals surface area contributed by atoms with E-state index >= 15 is 0 Å². The Balaban J connectivity index is 1.11. The molecule has 5 fully saturated rings. The van der Waals surface area contributed by atoms with Gasteiger partial charge in [0.25, 0.3) is 0 Å². The molecule has 0 radical (unpaired) electrons. The molecule has 0 amide bonds. The molecule has 8 bridgehead atoms. The zero-order chi connectivity index (χ0) is 50.1. The van der Waals surface area contributed by atoms with Crippen molar-refractivity contribution in [1.82, 2.24) is 29.2 Å². The third-order valence-corrected chi connectivity index (χ3v) is 21.1. The molecule has 14 rings (SSSR count). The maximum atomic E-state index is 14.6. The largest absolute Gasteiger partial charge is 0.496 e. The minimum absolute atomic E-state index is 0.0264. The van der Waals surface area contributed by atoms with Gasteiger partial charge in [-0.25, -0.2) is 0 Å². The molecule has 11 nitrogen and oxygen atoms in total. The van der Waals surface area contributed by atoms with E-state index in [9.17, 15) is 9.59 Å². The van der Waals surface area contributed by atoms with Crippen LogP contribution in [-0.2, 0) is 38.3 Å². The standard InChI is InChI=1S/C62H78N6O5/c1-9-34-22-33-23-47-59(34)67(30-33)21-20-39-42-29-54(71-6)43(44-24-40-35(10-2)31-65(4)51(55(40)61(69)72-7)27-45-37-16-12-14-18-48(37)63-57(44)45)26-50(42)68(60(39)47)53-25-41-36(11-3)32-66(5)52(56(41)62(70)73-8)28-46-38-17-13-15-19-49(38)64-58(46)53/h12-19,26,29,33-36,40-41,44,47,51-53,55-56,59,63-64H,9-11,20-25,27-28,30-32H2,1-8H3/t33-,34+,35-,36-,40+,41+,44-,47-,51+,52+,53+,55+,56+,59+/m1/s1. The molecule has 386 valence electrons. The molecule has 5 aliphatic heterocycles. The van der Waals surface area contributed by atoms with Crippen molar-refractivity contribution >= 4 is 44.6 Å². The van der Waals surface area contributed by atoms with Crippen molar-refractivity contribution in [2.24, 2.45) is 47.3 Å². The van der Waals surface area contributed by atoms with Gasteiger partial charge in [-0.05, 0) is 136 Å². The van der Waals surface area contributed by atoms with E-state index in [-0.39, 0.29) is 59.7 Å². The minimum Gasteiger partial charge on any atom is -0.496 e. The maximum absolute atomic E-state index is 14.6. The molecule has 3 aromatic heterocycles. The van der Waals surface area contributed by atoms with Crippen molar-refractivity contribution in [3.05, 3.63) is 100.0 Å². The van der Waals surface area contributed by atoms with Crippen LogP contribution in [-0.4, -0.2) is 121 Å². The topological polar surface area (TPSA) is 108 Å². The number of hydrogen-bond acceptors (Lipinski definition) is 8. The van der Waals surface area contributed by atoms with Gasteiger partial charge in [-0.15, -0.1) is 0 Å². The van der Waals surface area contributed by atoms with Gasteiger partial charge in [-0.1, -0.05) is 76.4 Å². The summed E-state index contributed by atoms with van der Waals surface area (Å²) >= 11 is 0. The molecule has 3 aromatic carbocycles. The normalized spacial score (nSPS) is 34.0. The highest BCUT2D eigenvalue weighted by atomic mass is 16.5. The van der Waals surface area contributed by atoms with Crippen molar-refractivity contribution in [3.8, 4) is 5.75 Å². The van der Waals surface area contributed by atoms with E-state index in [1.807, 2.05) is 7.11 Å². The molecule has 2 N–H and O–H groups in total. The summed E-state index contributed by atoms with van der Waals surface area (Å²) < 4.78 is 21.3. The monoisotopic (exact) mass is 987 g/mol. The average Bonchev–Trinajstić information content (AvgIpc) is 4.04. The molecule has 6 aromatic rings. The van der Waals surface area contributed by atoms with Gasteiger partial charge in [-0.3, -0.25) is 14.5 Å². The first-order valence-corrected chi connectivity index (χ1v) is 28.3. The number of para-hydroxylation sites is 2. The van der Waals surface area contributed by atoms with Crippen LogP contribution in [0.1, 0.15) is 123 Å². The second-order valence-electron chi connectivity index (χ2n) is 24.0. The minimum atomic E-state index is -0.258. The highest BCUT2D eigenvalue weighted by Crippen LogP contribution is 2.57.